The van der Waals surface area contributed by atoms with Crippen LogP contribution < -0.4 is 5.32 Å². The second-order valence-corrected chi connectivity index (χ2v) is 6.04. The van der Waals surface area contributed by atoms with Crippen molar-refractivity contribution in [2.24, 2.45) is 11.8 Å². The lowest BCUT2D eigenvalue weighted by atomic mass is 9.87. The molecule has 0 radical (unpaired) electrons. The third kappa shape index (κ3) is 5.91. The predicted octanol–water partition coefficient (Wildman–Crippen LogP) is 1.94. The first kappa shape index (κ1) is 17.8. The van der Waals surface area contributed by atoms with Gasteiger partial charge in [0, 0.05) is 26.8 Å². The molecule has 6 heteroatoms. The largest absolute Gasteiger partial charge is 0.480 e. The van der Waals surface area contributed by atoms with Gasteiger partial charge in [-0.15, -0.1) is 0 Å². The number of ether oxygens (including phenoxy) is 1. The van der Waals surface area contributed by atoms with Gasteiger partial charge in [0.2, 0.25) is 0 Å². The number of hydrogen-bond donors (Lipinski definition) is 2. The van der Waals surface area contributed by atoms with Gasteiger partial charge in [0.05, 0.1) is 0 Å². The van der Waals surface area contributed by atoms with Crippen LogP contribution in [0, 0.1) is 11.8 Å². The van der Waals surface area contributed by atoms with E-state index in [1.165, 1.54) is 0 Å². The Morgan fingerprint density at radius 2 is 1.95 bits per heavy atom. The van der Waals surface area contributed by atoms with Crippen molar-refractivity contribution in [1.29, 1.82) is 0 Å². The zero-order valence-corrected chi connectivity index (χ0v) is 13.3. The SMILES string of the molecule is COCCCC(NC(=O)N1CCC(C(C)C)CC1)C(=O)O. The van der Waals surface area contributed by atoms with E-state index in [-0.39, 0.29) is 6.03 Å². The van der Waals surface area contributed by atoms with Crippen molar-refractivity contribution in [3.63, 3.8) is 0 Å². The molecule has 1 fully saturated rings. The van der Waals surface area contributed by atoms with E-state index >= 15 is 0 Å². The van der Waals surface area contributed by atoms with Crippen LogP contribution in [0.25, 0.3) is 0 Å². The second-order valence-electron chi connectivity index (χ2n) is 6.04. The van der Waals surface area contributed by atoms with Crippen molar-refractivity contribution < 1.29 is 19.4 Å². The van der Waals surface area contributed by atoms with E-state index in [9.17, 15) is 9.59 Å². The normalized spacial score (nSPS) is 17.8. The fraction of sp³-hybridized carbons (Fsp3) is 0.867. The standard InChI is InChI=1S/C15H28N2O4/c1-11(2)12-6-8-17(9-7-12)15(20)16-13(14(18)19)5-4-10-21-3/h11-13H,4-10H2,1-3H3,(H,16,20)(H,18,19). The highest BCUT2D eigenvalue weighted by Gasteiger charge is 2.27. The summed E-state index contributed by atoms with van der Waals surface area (Å²) < 4.78 is 4.91. The van der Waals surface area contributed by atoms with E-state index in [4.69, 9.17) is 9.84 Å². The topological polar surface area (TPSA) is 78.9 Å². The fourth-order valence-corrected chi connectivity index (χ4v) is 2.70. The molecule has 1 saturated heterocycles. The Balaban J connectivity index is 2.41. The van der Waals surface area contributed by atoms with Crippen LogP contribution in [0.5, 0.6) is 0 Å². The van der Waals surface area contributed by atoms with Gasteiger partial charge < -0.3 is 20.1 Å². The molecule has 0 aliphatic carbocycles. The average Bonchev–Trinajstić information content (AvgIpc) is 2.46. The Morgan fingerprint density at radius 1 is 1.33 bits per heavy atom. The quantitative estimate of drug-likeness (QED) is 0.704. The van der Waals surface area contributed by atoms with Gasteiger partial charge in [0.15, 0.2) is 0 Å². The molecule has 21 heavy (non-hydrogen) atoms. The number of methoxy groups -OCH3 is 1. The minimum absolute atomic E-state index is 0.262. The molecule has 0 bridgehead atoms. The van der Waals surface area contributed by atoms with E-state index in [1.807, 2.05) is 0 Å². The number of rotatable bonds is 7. The van der Waals surface area contributed by atoms with Crippen LogP contribution in [-0.4, -0.2) is 54.9 Å². The molecule has 1 unspecified atom stereocenters. The molecule has 0 aromatic carbocycles. The highest BCUT2D eigenvalue weighted by molar-refractivity contribution is 5.82. The van der Waals surface area contributed by atoms with Crippen LogP contribution in [0.3, 0.4) is 0 Å². The molecule has 1 aliphatic rings. The first-order chi connectivity index (χ1) is 9.95. The van der Waals surface area contributed by atoms with Crippen LogP contribution >= 0.6 is 0 Å². The third-order valence-corrected chi connectivity index (χ3v) is 4.21. The van der Waals surface area contributed by atoms with Crippen LogP contribution in [-0.2, 0) is 9.53 Å². The molecule has 1 heterocycles. The number of carboxylic acids is 1. The maximum atomic E-state index is 12.1. The Bertz CT molecular complexity index is 339. The van der Waals surface area contributed by atoms with Crippen molar-refractivity contribution in [2.45, 2.75) is 45.6 Å². The summed E-state index contributed by atoms with van der Waals surface area (Å²) in [5, 5.41) is 11.8. The van der Waals surface area contributed by atoms with E-state index in [1.54, 1.807) is 12.0 Å². The molecule has 2 amide bonds. The Labute approximate surface area is 126 Å². The van der Waals surface area contributed by atoms with E-state index in [2.05, 4.69) is 19.2 Å². The number of piperidine rings is 1. The monoisotopic (exact) mass is 300 g/mol. The molecular weight excluding hydrogens is 272 g/mol. The molecular formula is C15H28N2O4. The summed E-state index contributed by atoms with van der Waals surface area (Å²) >= 11 is 0. The van der Waals surface area contributed by atoms with Crippen LogP contribution in [0.2, 0.25) is 0 Å². The van der Waals surface area contributed by atoms with Gasteiger partial charge in [-0.1, -0.05) is 13.8 Å². The zero-order valence-electron chi connectivity index (χ0n) is 13.3. The van der Waals surface area contributed by atoms with Crippen LogP contribution in [0.4, 0.5) is 4.79 Å². The van der Waals surface area contributed by atoms with E-state index in [0.29, 0.717) is 44.4 Å². The van der Waals surface area contributed by atoms with Gasteiger partial charge in [-0.25, -0.2) is 9.59 Å². The van der Waals surface area contributed by atoms with Crippen molar-refractivity contribution in [3.8, 4) is 0 Å². The molecule has 0 saturated carbocycles. The number of hydrogen-bond acceptors (Lipinski definition) is 3. The lowest BCUT2D eigenvalue weighted by Crippen LogP contribution is -2.50. The molecule has 1 atom stereocenters. The molecule has 6 nitrogen and oxygen atoms in total. The summed E-state index contributed by atoms with van der Waals surface area (Å²) in [6.07, 6.45) is 2.99. The summed E-state index contributed by atoms with van der Waals surface area (Å²) in [6.45, 7) is 6.32. The lowest BCUT2D eigenvalue weighted by molar-refractivity contribution is -0.139. The number of carbonyl (C=O) groups excluding carboxylic acids is 1. The summed E-state index contributed by atoms with van der Waals surface area (Å²) in [4.78, 5) is 25.0. The van der Waals surface area contributed by atoms with E-state index < -0.39 is 12.0 Å². The van der Waals surface area contributed by atoms with Gasteiger partial charge in [-0.3, -0.25) is 0 Å². The smallest absolute Gasteiger partial charge is 0.326 e. The summed E-state index contributed by atoms with van der Waals surface area (Å²) in [5.41, 5.74) is 0. The number of amides is 2. The van der Waals surface area contributed by atoms with Crippen molar-refractivity contribution in [1.82, 2.24) is 10.2 Å². The Hall–Kier alpha value is -1.30. The first-order valence-electron chi connectivity index (χ1n) is 7.72. The Morgan fingerprint density at radius 3 is 2.43 bits per heavy atom. The second kappa shape index (κ2) is 8.87. The molecule has 0 spiro atoms. The maximum absolute atomic E-state index is 12.1. The Kier molecular flexibility index (Phi) is 7.50. The van der Waals surface area contributed by atoms with E-state index in [0.717, 1.165) is 12.8 Å². The van der Waals surface area contributed by atoms with Crippen molar-refractivity contribution in [3.05, 3.63) is 0 Å². The van der Waals surface area contributed by atoms with Gasteiger partial charge in [0.1, 0.15) is 6.04 Å². The minimum atomic E-state index is -0.989. The van der Waals surface area contributed by atoms with Crippen LogP contribution in [0.15, 0.2) is 0 Å². The highest BCUT2D eigenvalue weighted by Crippen LogP contribution is 2.24. The number of urea groups is 1. The molecule has 1 aliphatic heterocycles. The number of nitrogens with zero attached hydrogens (tertiary/aromatic N) is 1. The van der Waals surface area contributed by atoms with Gasteiger partial charge >= 0.3 is 12.0 Å². The molecule has 0 aromatic heterocycles. The first-order valence-corrected chi connectivity index (χ1v) is 7.72. The van der Waals surface area contributed by atoms with Gasteiger partial charge in [-0.05, 0) is 37.5 Å². The highest BCUT2D eigenvalue weighted by atomic mass is 16.5. The summed E-state index contributed by atoms with van der Waals surface area (Å²) in [5.74, 6) is 0.304. The minimum Gasteiger partial charge on any atom is -0.480 e. The number of carboxylic acid groups (broad SMARTS) is 1. The predicted molar refractivity (Wildman–Crippen MR) is 80.2 cm³/mol. The zero-order chi connectivity index (χ0) is 15.8. The van der Waals surface area contributed by atoms with Gasteiger partial charge in [-0.2, -0.15) is 0 Å². The van der Waals surface area contributed by atoms with Gasteiger partial charge in [0.25, 0.3) is 0 Å². The number of aliphatic carboxylic acids is 1. The number of nitrogens with one attached hydrogen (secondary N) is 1. The summed E-state index contributed by atoms with van der Waals surface area (Å²) in [7, 11) is 1.58. The maximum Gasteiger partial charge on any atom is 0.326 e. The molecule has 1 rings (SSSR count). The fourth-order valence-electron chi connectivity index (χ4n) is 2.70. The van der Waals surface area contributed by atoms with Crippen LogP contribution in [0.1, 0.15) is 39.5 Å². The third-order valence-electron chi connectivity index (χ3n) is 4.21. The summed E-state index contributed by atoms with van der Waals surface area (Å²) in [6, 6.07) is -1.10. The average molecular weight is 300 g/mol. The van der Waals surface area contributed by atoms with Crippen molar-refractivity contribution in [2.75, 3.05) is 26.8 Å². The molecule has 2 N–H and O–H groups in total. The molecule has 122 valence electrons. The number of likely N-dealkylation sites (tertiary alicyclic amines) is 1. The molecule has 0 aromatic rings. The number of carbonyl (C=O) groups is 2. The van der Waals surface area contributed by atoms with Crippen molar-refractivity contribution >= 4 is 12.0 Å². The lowest BCUT2D eigenvalue weighted by Gasteiger charge is -2.34.